The molecule has 1 N–H and O–H groups in total. The number of nitrogens with zero attached hydrogens (tertiary/aromatic N) is 1. The molecule has 0 aromatic heterocycles. The fraction of sp³-hybridized carbons (Fsp3) is 0.600. The Balaban J connectivity index is 2.05. The minimum absolute atomic E-state index is 0.165. The maximum atomic E-state index is 13.3. The first-order valence-electron chi connectivity index (χ1n) is 6.73. The van der Waals surface area contributed by atoms with Crippen LogP contribution in [0, 0.1) is 12.7 Å². The van der Waals surface area contributed by atoms with Crippen LogP contribution in [0.4, 0.5) is 4.39 Å². The predicted molar refractivity (Wildman–Crippen MR) is 70.9 cm³/mol. The van der Waals surface area contributed by atoms with Crippen molar-refractivity contribution < 1.29 is 9.50 Å². The van der Waals surface area contributed by atoms with E-state index in [1.54, 1.807) is 6.07 Å². The Morgan fingerprint density at radius 1 is 1.50 bits per heavy atom. The van der Waals surface area contributed by atoms with Gasteiger partial charge >= 0.3 is 0 Å². The average Bonchev–Trinajstić information content (AvgIpc) is 2.70. The molecule has 1 aliphatic heterocycles. The number of hydrogen-bond donors (Lipinski definition) is 1. The van der Waals surface area contributed by atoms with E-state index in [1.165, 1.54) is 12.5 Å². The van der Waals surface area contributed by atoms with E-state index in [1.807, 2.05) is 19.9 Å². The first kappa shape index (κ1) is 13.5. The van der Waals surface area contributed by atoms with E-state index in [2.05, 4.69) is 4.90 Å². The van der Waals surface area contributed by atoms with Crippen molar-refractivity contribution in [2.45, 2.75) is 51.8 Å². The summed E-state index contributed by atoms with van der Waals surface area (Å²) in [5.41, 5.74) is 2.20. The first-order valence-corrected chi connectivity index (χ1v) is 6.73. The van der Waals surface area contributed by atoms with Crippen molar-refractivity contribution in [2.24, 2.45) is 0 Å². The number of aliphatic hydroxyl groups is 1. The Morgan fingerprint density at radius 2 is 2.28 bits per heavy atom. The highest BCUT2D eigenvalue weighted by Crippen LogP contribution is 2.24. The molecule has 1 aromatic carbocycles. The number of aryl methyl sites for hydroxylation is 1. The third-order valence-corrected chi connectivity index (χ3v) is 3.80. The first-order chi connectivity index (χ1) is 8.56. The lowest BCUT2D eigenvalue weighted by molar-refractivity contribution is 0.130. The van der Waals surface area contributed by atoms with Gasteiger partial charge in [0.1, 0.15) is 5.82 Å². The van der Waals surface area contributed by atoms with E-state index in [9.17, 15) is 9.50 Å². The van der Waals surface area contributed by atoms with E-state index < -0.39 is 0 Å². The van der Waals surface area contributed by atoms with Gasteiger partial charge in [-0.1, -0.05) is 6.07 Å². The fourth-order valence-electron chi connectivity index (χ4n) is 2.79. The number of aliphatic hydroxyl groups excluding tert-OH is 1. The van der Waals surface area contributed by atoms with Gasteiger partial charge in [-0.3, -0.25) is 4.90 Å². The zero-order valence-electron chi connectivity index (χ0n) is 11.2. The lowest BCUT2D eigenvalue weighted by Crippen LogP contribution is -2.31. The standard InChI is InChI=1S/C15H22FNO/c1-11-5-6-14(16)9-13(11)10-17-7-3-4-15(17)8-12(2)18/h5-6,9,12,15,18H,3-4,7-8,10H2,1-2H3. The molecule has 0 bridgehead atoms. The number of hydrogen-bond acceptors (Lipinski definition) is 2. The van der Waals surface area contributed by atoms with Gasteiger partial charge in [0, 0.05) is 12.6 Å². The summed E-state index contributed by atoms with van der Waals surface area (Å²) in [6, 6.07) is 5.42. The minimum atomic E-state index is -0.260. The van der Waals surface area contributed by atoms with Gasteiger partial charge in [0.25, 0.3) is 0 Å². The summed E-state index contributed by atoms with van der Waals surface area (Å²) >= 11 is 0. The number of halogens is 1. The second-order valence-electron chi connectivity index (χ2n) is 5.42. The Kier molecular flexibility index (Phi) is 4.36. The minimum Gasteiger partial charge on any atom is -0.393 e. The predicted octanol–water partition coefficient (Wildman–Crippen LogP) is 2.87. The second kappa shape index (κ2) is 5.81. The molecule has 1 aromatic rings. The lowest BCUT2D eigenvalue weighted by atomic mass is 10.1. The van der Waals surface area contributed by atoms with Crippen LogP contribution < -0.4 is 0 Å². The van der Waals surface area contributed by atoms with E-state index in [-0.39, 0.29) is 11.9 Å². The van der Waals surface area contributed by atoms with Crippen molar-refractivity contribution in [1.29, 1.82) is 0 Å². The van der Waals surface area contributed by atoms with Crippen LogP contribution in [0.25, 0.3) is 0 Å². The molecule has 100 valence electrons. The van der Waals surface area contributed by atoms with Crippen LogP contribution in [0.3, 0.4) is 0 Å². The average molecular weight is 251 g/mol. The third kappa shape index (κ3) is 3.30. The Morgan fingerprint density at radius 3 is 3.00 bits per heavy atom. The fourth-order valence-corrected chi connectivity index (χ4v) is 2.79. The summed E-state index contributed by atoms with van der Waals surface area (Å²) < 4.78 is 13.3. The molecule has 2 nitrogen and oxygen atoms in total. The van der Waals surface area contributed by atoms with E-state index in [4.69, 9.17) is 0 Å². The summed E-state index contributed by atoms with van der Waals surface area (Å²) in [4.78, 5) is 2.37. The highest BCUT2D eigenvalue weighted by atomic mass is 19.1. The molecule has 0 spiro atoms. The van der Waals surface area contributed by atoms with Crippen LogP contribution >= 0.6 is 0 Å². The topological polar surface area (TPSA) is 23.5 Å². The zero-order chi connectivity index (χ0) is 13.1. The summed E-state index contributed by atoms with van der Waals surface area (Å²) in [5, 5.41) is 9.51. The van der Waals surface area contributed by atoms with Crippen molar-refractivity contribution in [3.63, 3.8) is 0 Å². The van der Waals surface area contributed by atoms with E-state index in [0.29, 0.717) is 6.04 Å². The molecule has 1 saturated heterocycles. The van der Waals surface area contributed by atoms with Crippen molar-refractivity contribution in [2.75, 3.05) is 6.54 Å². The summed E-state index contributed by atoms with van der Waals surface area (Å²) in [7, 11) is 0. The van der Waals surface area contributed by atoms with Crippen LogP contribution in [0.15, 0.2) is 18.2 Å². The monoisotopic (exact) mass is 251 g/mol. The Hall–Kier alpha value is -0.930. The normalized spacial score (nSPS) is 22.3. The molecule has 0 radical (unpaired) electrons. The zero-order valence-corrected chi connectivity index (χ0v) is 11.2. The molecular formula is C15H22FNO. The number of rotatable bonds is 4. The molecule has 2 atom stereocenters. The largest absolute Gasteiger partial charge is 0.393 e. The number of likely N-dealkylation sites (tertiary alicyclic amines) is 1. The highest BCUT2D eigenvalue weighted by Gasteiger charge is 2.25. The molecular weight excluding hydrogens is 229 g/mol. The van der Waals surface area contributed by atoms with E-state index in [0.717, 1.165) is 37.1 Å². The summed E-state index contributed by atoms with van der Waals surface area (Å²) in [6.45, 7) is 5.70. The van der Waals surface area contributed by atoms with Crippen LogP contribution in [-0.4, -0.2) is 28.7 Å². The van der Waals surface area contributed by atoms with Crippen LogP contribution in [0.1, 0.15) is 37.3 Å². The number of benzene rings is 1. The third-order valence-electron chi connectivity index (χ3n) is 3.80. The molecule has 18 heavy (non-hydrogen) atoms. The molecule has 2 unspecified atom stereocenters. The smallest absolute Gasteiger partial charge is 0.123 e. The Labute approximate surface area is 108 Å². The quantitative estimate of drug-likeness (QED) is 0.889. The van der Waals surface area contributed by atoms with Gasteiger partial charge in [0.05, 0.1) is 6.10 Å². The van der Waals surface area contributed by atoms with Gasteiger partial charge in [-0.25, -0.2) is 4.39 Å². The van der Waals surface area contributed by atoms with Crippen molar-refractivity contribution in [3.8, 4) is 0 Å². The summed E-state index contributed by atoms with van der Waals surface area (Å²) in [6.07, 6.45) is 2.86. The van der Waals surface area contributed by atoms with Crippen molar-refractivity contribution in [3.05, 3.63) is 35.1 Å². The maximum Gasteiger partial charge on any atom is 0.123 e. The lowest BCUT2D eigenvalue weighted by Gasteiger charge is -2.26. The van der Waals surface area contributed by atoms with Crippen LogP contribution in [0.2, 0.25) is 0 Å². The molecule has 0 amide bonds. The van der Waals surface area contributed by atoms with Crippen LogP contribution in [-0.2, 0) is 6.54 Å². The maximum absolute atomic E-state index is 13.3. The molecule has 2 rings (SSSR count). The molecule has 3 heteroatoms. The molecule has 1 heterocycles. The van der Waals surface area contributed by atoms with Gasteiger partial charge in [-0.15, -0.1) is 0 Å². The van der Waals surface area contributed by atoms with E-state index >= 15 is 0 Å². The van der Waals surface area contributed by atoms with Crippen LogP contribution in [0.5, 0.6) is 0 Å². The van der Waals surface area contributed by atoms with Crippen molar-refractivity contribution >= 4 is 0 Å². The van der Waals surface area contributed by atoms with Gasteiger partial charge in [-0.2, -0.15) is 0 Å². The highest BCUT2D eigenvalue weighted by molar-refractivity contribution is 5.26. The van der Waals surface area contributed by atoms with Gasteiger partial charge in [0.2, 0.25) is 0 Å². The van der Waals surface area contributed by atoms with Gasteiger partial charge in [0.15, 0.2) is 0 Å². The summed E-state index contributed by atoms with van der Waals surface area (Å²) in [5.74, 6) is -0.165. The Bertz CT molecular complexity index is 405. The molecule has 0 saturated carbocycles. The molecule has 1 fully saturated rings. The van der Waals surface area contributed by atoms with Crippen molar-refractivity contribution in [1.82, 2.24) is 4.90 Å². The van der Waals surface area contributed by atoms with Gasteiger partial charge in [-0.05, 0) is 62.9 Å². The molecule has 1 aliphatic rings. The van der Waals surface area contributed by atoms with Gasteiger partial charge < -0.3 is 5.11 Å². The molecule has 0 aliphatic carbocycles. The second-order valence-corrected chi connectivity index (χ2v) is 5.42. The SMILES string of the molecule is Cc1ccc(F)cc1CN1CCCC1CC(C)O.